The van der Waals surface area contributed by atoms with E-state index in [1.165, 1.54) is 17.7 Å². The summed E-state index contributed by atoms with van der Waals surface area (Å²) in [5, 5.41) is 2.48. The van der Waals surface area contributed by atoms with E-state index in [0.717, 1.165) is 21.5 Å². The van der Waals surface area contributed by atoms with E-state index in [4.69, 9.17) is 11.6 Å². The molecule has 0 spiro atoms. The molecule has 146 valence electrons. The number of thioether (sulfide) groups is 1. The second kappa shape index (κ2) is 9.43. The van der Waals surface area contributed by atoms with Crippen LogP contribution in [-0.2, 0) is 14.8 Å². The molecule has 0 aliphatic heterocycles. The molecule has 2 aromatic rings. The average Bonchev–Trinajstić information content (AvgIpc) is 2.60. The molecule has 0 atom stereocenters. The third kappa shape index (κ3) is 6.71. The second-order valence-electron chi connectivity index (χ2n) is 5.88. The zero-order chi connectivity index (χ0) is 20.0. The number of halogens is 2. The number of benzene rings is 2. The van der Waals surface area contributed by atoms with Gasteiger partial charge in [0.05, 0.1) is 17.0 Å². The molecule has 9 heteroatoms. The summed E-state index contributed by atoms with van der Waals surface area (Å²) in [4.78, 5) is 13.2. The van der Waals surface area contributed by atoms with Crippen LogP contribution in [0, 0.1) is 12.7 Å². The molecule has 0 unspecified atom stereocenters. The van der Waals surface area contributed by atoms with Crippen LogP contribution in [0.1, 0.15) is 5.56 Å². The Labute approximate surface area is 168 Å². The van der Waals surface area contributed by atoms with Gasteiger partial charge in [-0.05, 0) is 37.3 Å². The number of carbonyl (C=O) groups excluding carboxylic acids is 1. The SMILES string of the molecule is Cc1ccc(SCCNC(=O)CN(c2ccc(F)c(Cl)c2)S(C)(=O)=O)cc1. The van der Waals surface area contributed by atoms with Crippen molar-refractivity contribution in [3.8, 4) is 0 Å². The molecule has 2 rings (SSSR count). The van der Waals surface area contributed by atoms with Crippen LogP contribution in [0.25, 0.3) is 0 Å². The van der Waals surface area contributed by atoms with Crippen molar-refractivity contribution in [3.63, 3.8) is 0 Å². The first-order chi connectivity index (χ1) is 12.7. The summed E-state index contributed by atoms with van der Waals surface area (Å²) >= 11 is 7.30. The van der Waals surface area contributed by atoms with Gasteiger partial charge in [-0.25, -0.2) is 12.8 Å². The van der Waals surface area contributed by atoms with Crippen molar-refractivity contribution >= 4 is 45.0 Å². The van der Waals surface area contributed by atoms with Gasteiger partial charge in [0.1, 0.15) is 12.4 Å². The van der Waals surface area contributed by atoms with Crippen LogP contribution in [0.5, 0.6) is 0 Å². The summed E-state index contributed by atoms with van der Waals surface area (Å²) < 4.78 is 38.2. The van der Waals surface area contributed by atoms with Crippen molar-refractivity contribution in [1.29, 1.82) is 0 Å². The molecule has 0 aromatic heterocycles. The largest absolute Gasteiger partial charge is 0.354 e. The minimum absolute atomic E-state index is 0.132. The van der Waals surface area contributed by atoms with Gasteiger partial charge >= 0.3 is 0 Å². The van der Waals surface area contributed by atoms with Gasteiger partial charge in [-0.2, -0.15) is 0 Å². The fourth-order valence-corrected chi connectivity index (χ4v) is 4.01. The van der Waals surface area contributed by atoms with Crippen molar-refractivity contribution < 1.29 is 17.6 Å². The summed E-state index contributed by atoms with van der Waals surface area (Å²) in [5.41, 5.74) is 1.31. The Balaban J connectivity index is 1.92. The first-order valence-electron chi connectivity index (χ1n) is 8.06. The average molecular weight is 431 g/mol. The van der Waals surface area contributed by atoms with Crippen LogP contribution in [-0.4, -0.2) is 39.4 Å². The van der Waals surface area contributed by atoms with Crippen LogP contribution in [0.2, 0.25) is 5.02 Å². The van der Waals surface area contributed by atoms with Gasteiger partial charge in [0.2, 0.25) is 15.9 Å². The summed E-state index contributed by atoms with van der Waals surface area (Å²) in [6.07, 6.45) is 0.977. The van der Waals surface area contributed by atoms with Crippen LogP contribution >= 0.6 is 23.4 Å². The predicted octanol–water partition coefficient (Wildman–Crippen LogP) is 3.46. The third-order valence-corrected chi connectivity index (χ3v) is 6.04. The lowest BCUT2D eigenvalue weighted by molar-refractivity contribution is -0.119. The molecule has 1 N–H and O–H groups in total. The second-order valence-corrected chi connectivity index (χ2v) is 9.36. The maximum atomic E-state index is 13.3. The topological polar surface area (TPSA) is 66.5 Å². The fraction of sp³-hybridized carbons (Fsp3) is 0.278. The lowest BCUT2D eigenvalue weighted by Crippen LogP contribution is -2.41. The van der Waals surface area contributed by atoms with E-state index >= 15 is 0 Å². The highest BCUT2D eigenvalue weighted by molar-refractivity contribution is 7.99. The monoisotopic (exact) mass is 430 g/mol. The van der Waals surface area contributed by atoms with Crippen LogP contribution in [0.3, 0.4) is 0 Å². The van der Waals surface area contributed by atoms with Gasteiger partial charge in [-0.1, -0.05) is 29.3 Å². The first-order valence-corrected chi connectivity index (χ1v) is 11.3. The number of hydrogen-bond acceptors (Lipinski definition) is 4. The van der Waals surface area contributed by atoms with Gasteiger partial charge in [-0.15, -0.1) is 11.8 Å². The molecule has 0 fully saturated rings. The Morgan fingerprint density at radius 3 is 2.48 bits per heavy atom. The summed E-state index contributed by atoms with van der Waals surface area (Å²) in [6, 6.07) is 11.5. The molecule has 5 nitrogen and oxygen atoms in total. The number of hydrogen-bond donors (Lipinski definition) is 1. The molecular weight excluding hydrogens is 411 g/mol. The van der Waals surface area contributed by atoms with Crippen LogP contribution in [0.15, 0.2) is 47.4 Å². The molecular formula is C18H20ClFN2O3S2. The number of carbonyl (C=O) groups is 1. The van der Waals surface area contributed by atoms with E-state index < -0.39 is 28.3 Å². The smallest absolute Gasteiger partial charge is 0.240 e. The Kier molecular flexibility index (Phi) is 7.52. The number of rotatable bonds is 8. The van der Waals surface area contributed by atoms with Crippen molar-refractivity contribution in [1.82, 2.24) is 5.32 Å². The van der Waals surface area contributed by atoms with Crippen molar-refractivity contribution in [2.45, 2.75) is 11.8 Å². The fourth-order valence-electron chi connectivity index (χ4n) is 2.22. The van der Waals surface area contributed by atoms with Crippen molar-refractivity contribution in [2.75, 3.05) is 29.4 Å². The number of nitrogens with zero attached hydrogens (tertiary/aromatic N) is 1. The quantitative estimate of drug-likeness (QED) is 0.514. The Hall–Kier alpha value is -1.77. The molecule has 0 aliphatic rings. The van der Waals surface area contributed by atoms with Gasteiger partial charge in [0.15, 0.2) is 0 Å². The zero-order valence-electron chi connectivity index (χ0n) is 14.9. The maximum absolute atomic E-state index is 13.3. The molecule has 0 saturated heterocycles. The first kappa shape index (κ1) is 21.5. The standard InChI is InChI=1S/C18H20ClFN2O3S2/c1-13-3-6-15(7-4-13)26-10-9-21-18(23)12-22(27(2,24)25)14-5-8-17(20)16(19)11-14/h3-8,11H,9-10,12H2,1-2H3,(H,21,23). The minimum atomic E-state index is -3.73. The van der Waals surface area contributed by atoms with E-state index in [0.29, 0.717) is 12.3 Å². The molecule has 1 amide bonds. The Morgan fingerprint density at radius 2 is 1.89 bits per heavy atom. The van der Waals surface area contributed by atoms with E-state index in [1.54, 1.807) is 11.8 Å². The maximum Gasteiger partial charge on any atom is 0.240 e. The van der Waals surface area contributed by atoms with E-state index in [-0.39, 0.29) is 10.7 Å². The number of nitrogens with one attached hydrogen (secondary N) is 1. The van der Waals surface area contributed by atoms with Gasteiger partial charge in [0, 0.05) is 17.2 Å². The highest BCUT2D eigenvalue weighted by Crippen LogP contribution is 2.24. The molecule has 0 bridgehead atoms. The van der Waals surface area contributed by atoms with Gasteiger partial charge < -0.3 is 5.32 Å². The minimum Gasteiger partial charge on any atom is -0.354 e. The summed E-state index contributed by atoms with van der Waals surface area (Å²) in [7, 11) is -3.73. The zero-order valence-corrected chi connectivity index (χ0v) is 17.3. The third-order valence-electron chi connectivity index (χ3n) is 3.59. The Morgan fingerprint density at radius 1 is 1.22 bits per heavy atom. The summed E-state index contributed by atoms with van der Waals surface area (Å²) in [5.74, 6) is -0.465. The van der Waals surface area contributed by atoms with Crippen LogP contribution < -0.4 is 9.62 Å². The number of amides is 1. The van der Waals surface area contributed by atoms with Crippen molar-refractivity contribution in [3.05, 3.63) is 58.9 Å². The highest BCUT2D eigenvalue weighted by atomic mass is 35.5. The normalized spacial score (nSPS) is 11.3. The molecule has 0 heterocycles. The molecule has 27 heavy (non-hydrogen) atoms. The highest BCUT2D eigenvalue weighted by Gasteiger charge is 2.21. The molecule has 2 aromatic carbocycles. The summed E-state index contributed by atoms with van der Waals surface area (Å²) in [6.45, 7) is 1.99. The van der Waals surface area contributed by atoms with E-state index in [2.05, 4.69) is 5.32 Å². The number of sulfonamides is 1. The molecule has 0 radical (unpaired) electrons. The number of anilines is 1. The van der Waals surface area contributed by atoms with E-state index in [9.17, 15) is 17.6 Å². The van der Waals surface area contributed by atoms with Gasteiger partial charge in [-0.3, -0.25) is 9.10 Å². The lowest BCUT2D eigenvalue weighted by atomic mass is 10.2. The van der Waals surface area contributed by atoms with Gasteiger partial charge in [0.25, 0.3) is 0 Å². The predicted molar refractivity (Wildman–Crippen MR) is 109 cm³/mol. The molecule has 0 saturated carbocycles. The Bertz CT molecular complexity index is 905. The number of aryl methyl sites for hydroxylation is 1. The van der Waals surface area contributed by atoms with Crippen LogP contribution in [0.4, 0.5) is 10.1 Å². The van der Waals surface area contributed by atoms with E-state index in [1.807, 2.05) is 31.2 Å². The molecule has 0 aliphatic carbocycles. The van der Waals surface area contributed by atoms with Crippen molar-refractivity contribution in [2.24, 2.45) is 0 Å². The lowest BCUT2D eigenvalue weighted by Gasteiger charge is -2.22.